The van der Waals surface area contributed by atoms with Crippen molar-refractivity contribution in [1.82, 2.24) is 10.6 Å². The summed E-state index contributed by atoms with van der Waals surface area (Å²) in [6.07, 6.45) is 5.52. The van der Waals surface area contributed by atoms with E-state index >= 15 is 0 Å². The van der Waals surface area contributed by atoms with Crippen LogP contribution in [0.4, 0.5) is 0 Å². The molecular weight excluding hydrogens is 204 g/mol. The third-order valence-corrected chi connectivity index (χ3v) is 3.66. The minimum absolute atomic E-state index is 0.132. The van der Waals surface area contributed by atoms with Gasteiger partial charge in [-0.2, -0.15) is 0 Å². The van der Waals surface area contributed by atoms with E-state index in [1.165, 1.54) is 0 Å². The largest absolute Gasteiger partial charge is 0.393 e. The quantitative estimate of drug-likeness (QED) is 0.639. The Bertz CT molecular complexity index is 239. The Hall–Kier alpha value is -0.610. The fourth-order valence-electron chi connectivity index (χ4n) is 2.69. The molecule has 4 heteroatoms. The van der Waals surface area contributed by atoms with Gasteiger partial charge < -0.3 is 15.7 Å². The first-order valence-electron chi connectivity index (χ1n) is 6.45. The van der Waals surface area contributed by atoms with Crippen molar-refractivity contribution in [2.75, 3.05) is 13.1 Å². The van der Waals surface area contributed by atoms with Gasteiger partial charge in [0, 0.05) is 12.6 Å². The molecule has 3 N–H and O–H groups in total. The zero-order valence-corrected chi connectivity index (χ0v) is 9.74. The van der Waals surface area contributed by atoms with Crippen LogP contribution in [0.5, 0.6) is 0 Å². The summed E-state index contributed by atoms with van der Waals surface area (Å²) in [5, 5.41) is 15.9. The van der Waals surface area contributed by atoms with Crippen molar-refractivity contribution in [2.24, 2.45) is 5.92 Å². The van der Waals surface area contributed by atoms with E-state index in [1.54, 1.807) is 0 Å². The van der Waals surface area contributed by atoms with E-state index in [4.69, 9.17) is 0 Å². The van der Waals surface area contributed by atoms with E-state index in [0.29, 0.717) is 0 Å². The fraction of sp³-hybridized carbons (Fsp3) is 0.917. The highest BCUT2D eigenvalue weighted by Crippen LogP contribution is 2.19. The topological polar surface area (TPSA) is 61.4 Å². The van der Waals surface area contributed by atoms with E-state index in [9.17, 15) is 9.90 Å². The number of aliphatic hydroxyl groups excluding tert-OH is 1. The van der Waals surface area contributed by atoms with Gasteiger partial charge in [-0.1, -0.05) is 0 Å². The third kappa shape index (κ3) is 3.19. The molecule has 0 radical (unpaired) electrons. The summed E-state index contributed by atoms with van der Waals surface area (Å²) in [7, 11) is 0. The standard InChI is InChI=1S/C12H22N2O2/c15-11-5-1-4-10(7-11)14-12(16)9-3-2-6-13-8-9/h9-11,13,15H,1-8H2,(H,14,16)/t9-,10+,11-/m1/s1. The van der Waals surface area contributed by atoms with Crippen LogP contribution in [-0.4, -0.2) is 36.2 Å². The Morgan fingerprint density at radius 1 is 1.25 bits per heavy atom. The highest BCUT2D eigenvalue weighted by molar-refractivity contribution is 5.79. The van der Waals surface area contributed by atoms with E-state index in [-0.39, 0.29) is 24.0 Å². The summed E-state index contributed by atoms with van der Waals surface area (Å²) in [6.45, 7) is 1.84. The third-order valence-electron chi connectivity index (χ3n) is 3.66. The van der Waals surface area contributed by atoms with Crippen molar-refractivity contribution < 1.29 is 9.90 Å². The number of hydrogen-bond donors (Lipinski definition) is 3. The highest BCUT2D eigenvalue weighted by Gasteiger charge is 2.26. The molecule has 4 nitrogen and oxygen atoms in total. The number of carbonyl (C=O) groups excluding carboxylic acids is 1. The SMILES string of the molecule is O=C(N[C@H]1CCC[C@@H](O)C1)[C@@H]1CCCNC1. The van der Waals surface area contributed by atoms with Gasteiger partial charge in [-0.25, -0.2) is 0 Å². The van der Waals surface area contributed by atoms with E-state index in [2.05, 4.69) is 10.6 Å². The van der Waals surface area contributed by atoms with Gasteiger partial charge >= 0.3 is 0 Å². The molecule has 0 unspecified atom stereocenters. The Morgan fingerprint density at radius 3 is 2.81 bits per heavy atom. The zero-order valence-electron chi connectivity index (χ0n) is 9.74. The Morgan fingerprint density at radius 2 is 2.12 bits per heavy atom. The second kappa shape index (κ2) is 5.64. The van der Waals surface area contributed by atoms with Crippen LogP contribution in [0.25, 0.3) is 0 Å². The molecule has 0 spiro atoms. The number of aliphatic hydroxyl groups is 1. The van der Waals surface area contributed by atoms with Gasteiger partial charge in [-0.05, 0) is 45.1 Å². The molecule has 16 heavy (non-hydrogen) atoms. The van der Waals surface area contributed by atoms with Crippen molar-refractivity contribution >= 4 is 5.91 Å². The molecule has 0 aromatic rings. The Labute approximate surface area is 96.8 Å². The second-order valence-corrected chi connectivity index (χ2v) is 5.07. The summed E-state index contributed by atoms with van der Waals surface area (Å²) in [4.78, 5) is 11.9. The minimum Gasteiger partial charge on any atom is -0.393 e. The molecule has 1 heterocycles. The first kappa shape index (κ1) is 11.9. The molecule has 2 fully saturated rings. The number of rotatable bonds is 2. The van der Waals surface area contributed by atoms with Crippen LogP contribution in [0.2, 0.25) is 0 Å². The summed E-state index contributed by atoms with van der Waals surface area (Å²) in [5.41, 5.74) is 0. The Balaban J connectivity index is 1.77. The molecule has 1 amide bonds. The summed E-state index contributed by atoms with van der Waals surface area (Å²) in [6, 6.07) is 0.193. The predicted molar refractivity (Wildman–Crippen MR) is 62.0 cm³/mol. The first-order valence-corrected chi connectivity index (χ1v) is 6.45. The first-order chi connectivity index (χ1) is 7.75. The van der Waals surface area contributed by atoms with Gasteiger partial charge in [-0.15, -0.1) is 0 Å². The van der Waals surface area contributed by atoms with Gasteiger partial charge in [0.25, 0.3) is 0 Å². The van der Waals surface area contributed by atoms with Gasteiger partial charge in [0.1, 0.15) is 0 Å². The number of piperidine rings is 1. The normalized spacial score (nSPS) is 35.7. The number of carbonyl (C=O) groups is 1. The lowest BCUT2D eigenvalue weighted by atomic mass is 9.91. The molecule has 1 saturated heterocycles. The lowest BCUT2D eigenvalue weighted by Gasteiger charge is -2.29. The maximum atomic E-state index is 11.9. The molecule has 92 valence electrons. The lowest BCUT2D eigenvalue weighted by molar-refractivity contribution is -0.126. The van der Waals surface area contributed by atoms with Crippen molar-refractivity contribution in [3.05, 3.63) is 0 Å². The van der Waals surface area contributed by atoms with Crippen LogP contribution in [0.1, 0.15) is 38.5 Å². The molecule has 1 aliphatic heterocycles. The molecule has 0 aromatic carbocycles. The van der Waals surface area contributed by atoms with Crippen LogP contribution >= 0.6 is 0 Å². The number of nitrogens with one attached hydrogen (secondary N) is 2. The lowest BCUT2D eigenvalue weighted by Crippen LogP contribution is -2.46. The zero-order chi connectivity index (χ0) is 11.4. The van der Waals surface area contributed by atoms with Crippen LogP contribution in [0.3, 0.4) is 0 Å². The van der Waals surface area contributed by atoms with Gasteiger partial charge in [0.2, 0.25) is 5.91 Å². The smallest absolute Gasteiger partial charge is 0.224 e. The molecule has 0 aromatic heterocycles. The van der Waals surface area contributed by atoms with Crippen LogP contribution < -0.4 is 10.6 Å². The second-order valence-electron chi connectivity index (χ2n) is 5.07. The monoisotopic (exact) mass is 226 g/mol. The van der Waals surface area contributed by atoms with E-state index in [0.717, 1.165) is 51.6 Å². The highest BCUT2D eigenvalue weighted by atomic mass is 16.3. The van der Waals surface area contributed by atoms with Crippen LogP contribution in [-0.2, 0) is 4.79 Å². The van der Waals surface area contributed by atoms with Crippen LogP contribution in [0, 0.1) is 5.92 Å². The molecule has 0 bridgehead atoms. The van der Waals surface area contributed by atoms with Crippen molar-refractivity contribution in [3.8, 4) is 0 Å². The average Bonchev–Trinajstić information content (AvgIpc) is 2.30. The molecule has 2 aliphatic rings. The predicted octanol–water partition coefficient (Wildman–Crippen LogP) is 0.406. The maximum absolute atomic E-state index is 11.9. The van der Waals surface area contributed by atoms with Crippen molar-refractivity contribution in [1.29, 1.82) is 0 Å². The van der Waals surface area contributed by atoms with Gasteiger partial charge in [0.05, 0.1) is 12.0 Å². The summed E-state index contributed by atoms with van der Waals surface area (Å²) in [5.74, 6) is 0.305. The fourth-order valence-corrected chi connectivity index (χ4v) is 2.69. The molecule has 3 atom stereocenters. The summed E-state index contributed by atoms with van der Waals surface area (Å²) < 4.78 is 0. The van der Waals surface area contributed by atoms with Crippen molar-refractivity contribution in [2.45, 2.75) is 50.7 Å². The van der Waals surface area contributed by atoms with Gasteiger partial charge in [-0.3, -0.25) is 4.79 Å². The minimum atomic E-state index is -0.219. The number of hydrogen-bond acceptors (Lipinski definition) is 3. The van der Waals surface area contributed by atoms with E-state index in [1.807, 2.05) is 0 Å². The maximum Gasteiger partial charge on any atom is 0.224 e. The Kier molecular flexibility index (Phi) is 4.18. The number of amides is 1. The molecule has 1 saturated carbocycles. The van der Waals surface area contributed by atoms with Gasteiger partial charge in [0.15, 0.2) is 0 Å². The average molecular weight is 226 g/mol. The van der Waals surface area contributed by atoms with Crippen molar-refractivity contribution in [3.63, 3.8) is 0 Å². The van der Waals surface area contributed by atoms with Crippen LogP contribution in [0.15, 0.2) is 0 Å². The summed E-state index contributed by atoms with van der Waals surface area (Å²) >= 11 is 0. The molecular formula is C12H22N2O2. The molecule has 1 aliphatic carbocycles. The molecule has 2 rings (SSSR count). The van der Waals surface area contributed by atoms with E-state index < -0.39 is 0 Å².